The number of nitrogens with one attached hydrogen (secondary N) is 1. The van der Waals surface area contributed by atoms with E-state index in [4.69, 9.17) is 10.5 Å². The number of aromatic nitrogens is 1. The zero-order valence-electron chi connectivity index (χ0n) is 16.3. The second-order valence-electron chi connectivity index (χ2n) is 6.95. The van der Waals surface area contributed by atoms with Gasteiger partial charge in [0.25, 0.3) is 5.56 Å². The number of ether oxygens (including phenoxy) is 1. The maximum absolute atomic E-state index is 12.1. The molecule has 1 aromatic heterocycles. The fraction of sp³-hybridized carbons (Fsp3) is 0.136. The number of nitrogens with two attached hydrogens (primary N) is 1. The fourth-order valence-electron chi connectivity index (χ4n) is 3.08. The van der Waals surface area contributed by atoms with E-state index in [-0.39, 0.29) is 11.1 Å². The molecule has 3 rings (SSSR count). The molecule has 0 unspecified atom stereocenters. The molecule has 30 heavy (non-hydrogen) atoms. The lowest BCUT2D eigenvalue weighted by Gasteiger charge is -2.13. The summed E-state index contributed by atoms with van der Waals surface area (Å²) in [7, 11) is 0. The first-order valence-electron chi connectivity index (χ1n) is 9.09. The molecule has 154 valence electrons. The number of carboxylic acid groups (broad SMARTS) is 2. The minimum absolute atomic E-state index is 0.213. The van der Waals surface area contributed by atoms with Crippen LogP contribution in [0.5, 0.6) is 11.5 Å². The fourth-order valence-corrected chi connectivity index (χ4v) is 3.08. The Bertz CT molecular complexity index is 1160. The van der Waals surface area contributed by atoms with Crippen LogP contribution in [0.25, 0.3) is 11.1 Å². The molecule has 0 radical (unpaired) electrons. The van der Waals surface area contributed by atoms with E-state index in [1.807, 2.05) is 24.3 Å². The van der Waals surface area contributed by atoms with Crippen LogP contribution in [0, 0.1) is 0 Å². The molecule has 0 saturated heterocycles. The van der Waals surface area contributed by atoms with E-state index in [2.05, 4.69) is 18.8 Å². The Labute approximate surface area is 171 Å². The first-order valence-corrected chi connectivity index (χ1v) is 9.09. The number of carboxylic acids is 2. The van der Waals surface area contributed by atoms with Gasteiger partial charge in [-0.15, -0.1) is 0 Å². The number of carbonyl (C=O) groups is 2. The van der Waals surface area contributed by atoms with E-state index in [9.17, 15) is 24.6 Å². The minimum Gasteiger partial charge on any atom is -0.478 e. The Kier molecular flexibility index (Phi) is 5.59. The van der Waals surface area contributed by atoms with Crippen molar-refractivity contribution < 1.29 is 24.5 Å². The van der Waals surface area contributed by atoms with Gasteiger partial charge in [0, 0.05) is 5.56 Å². The van der Waals surface area contributed by atoms with Crippen LogP contribution in [0.1, 0.15) is 46.0 Å². The van der Waals surface area contributed by atoms with Gasteiger partial charge in [0.15, 0.2) is 0 Å². The Morgan fingerprint density at radius 1 is 0.900 bits per heavy atom. The van der Waals surface area contributed by atoms with E-state index >= 15 is 0 Å². The second kappa shape index (κ2) is 8.12. The molecule has 0 saturated carbocycles. The third kappa shape index (κ3) is 4.02. The molecule has 8 heteroatoms. The van der Waals surface area contributed by atoms with Gasteiger partial charge in [-0.25, -0.2) is 9.59 Å². The second-order valence-corrected chi connectivity index (χ2v) is 6.95. The van der Waals surface area contributed by atoms with Crippen molar-refractivity contribution in [1.82, 2.24) is 4.98 Å². The quantitative estimate of drug-likeness (QED) is 0.484. The van der Waals surface area contributed by atoms with Crippen LogP contribution in [0.15, 0.2) is 53.3 Å². The summed E-state index contributed by atoms with van der Waals surface area (Å²) in [5.74, 6) is -1.96. The van der Waals surface area contributed by atoms with Gasteiger partial charge in [-0.3, -0.25) is 4.79 Å². The molecular formula is C22H20N2O6. The molecule has 0 amide bonds. The lowest BCUT2D eigenvalue weighted by Crippen LogP contribution is -2.24. The average Bonchev–Trinajstić information content (AvgIpc) is 2.67. The number of aromatic carboxylic acids is 2. The van der Waals surface area contributed by atoms with Gasteiger partial charge in [0.2, 0.25) is 0 Å². The summed E-state index contributed by atoms with van der Waals surface area (Å²) < 4.78 is 5.78. The largest absolute Gasteiger partial charge is 0.478 e. The Morgan fingerprint density at radius 2 is 1.40 bits per heavy atom. The monoisotopic (exact) mass is 408 g/mol. The maximum atomic E-state index is 12.1. The minimum atomic E-state index is -1.56. The van der Waals surface area contributed by atoms with Gasteiger partial charge in [0.1, 0.15) is 28.4 Å². The molecule has 0 aliphatic heterocycles. The van der Waals surface area contributed by atoms with Crippen LogP contribution in [0.3, 0.4) is 0 Å². The number of hydrogen-bond donors (Lipinski definition) is 4. The number of H-pyrrole nitrogens is 1. The third-order valence-electron chi connectivity index (χ3n) is 4.60. The first kappa shape index (κ1) is 20.7. The lowest BCUT2D eigenvalue weighted by atomic mass is 9.95. The van der Waals surface area contributed by atoms with E-state index in [1.165, 1.54) is 17.7 Å². The van der Waals surface area contributed by atoms with Gasteiger partial charge in [-0.1, -0.05) is 38.1 Å². The molecule has 2 aromatic carbocycles. The molecule has 0 spiro atoms. The molecule has 0 fully saturated rings. The van der Waals surface area contributed by atoms with Crippen molar-refractivity contribution in [3.8, 4) is 22.6 Å². The Hall–Kier alpha value is -4.07. The number of aromatic amines is 1. The number of pyridine rings is 1. The Morgan fingerprint density at radius 3 is 1.87 bits per heavy atom. The number of nitrogen functional groups attached to an aromatic ring is 1. The van der Waals surface area contributed by atoms with E-state index in [1.54, 1.807) is 12.1 Å². The van der Waals surface area contributed by atoms with Crippen LogP contribution in [-0.2, 0) is 0 Å². The van der Waals surface area contributed by atoms with Crippen molar-refractivity contribution in [1.29, 1.82) is 0 Å². The number of benzene rings is 2. The van der Waals surface area contributed by atoms with Crippen molar-refractivity contribution in [3.63, 3.8) is 0 Å². The molecule has 0 bridgehead atoms. The highest BCUT2D eigenvalue weighted by Gasteiger charge is 2.26. The summed E-state index contributed by atoms with van der Waals surface area (Å²) in [5, 5.41) is 18.9. The average molecular weight is 408 g/mol. The van der Waals surface area contributed by atoms with Crippen LogP contribution < -0.4 is 16.0 Å². The van der Waals surface area contributed by atoms with Crippen LogP contribution in [-0.4, -0.2) is 27.1 Å². The van der Waals surface area contributed by atoms with Crippen molar-refractivity contribution in [2.75, 3.05) is 5.73 Å². The molecule has 3 aromatic rings. The molecule has 0 atom stereocenters. The zero-order chi connectivity index (χ0) is 22.0. The van der Waals surface area contributed by atoms with E-state index in [0.717, 1.165) is 0 Å². The number of anilines is 1. The number of hydrogen-bond acceptors (Lipinski definition) is 5. The smallest absolute Gasteiger partial charge is 0.342 e. The van der Waals surface area contributed by atoms with Crippen molar-refractivity contribution >= 4 is 17.8 Å². The van der Waals surface area contributed by atoms with Gasteiger partial charge >= 0.3 is 11.9 Å². The Balaban J connectivity index is 2.01. The third-order valence-corrected chi connectivity index (χ3v) is 4.60. The van der Waals surface area contributed by atoms with Crippen LogP contribution >= 0.6 is 0 Å². The molecule has 5 N–H and O–H groups in total. The lowest BCUT2D eigenvalue weighted by molar-refractivity contribution is 0.0695. The SMILES string of the molecule is CC(C)c1ccc(Oc2ccc(-c3c(C(=O)O)c(N)[nH]c(=O)c3C(=O)O)cc2)cc1. The highest BCUT2D eigenvalue weighted by molar-refractivity contribution is 6.07. The topological polar surface area (TPSA) is 143 Å². The molecule has 1 heterocycles. The van der Waals surface area contributed by atoms with Crippen LogP contribution in [0.4, 0.5) is 5.82 Å². The van der Waals surface area contributed by atoms with Crippen LogP contribution in [0.2, 0.25) is 0 Å². The summed E-state index contributed by atoms with van der Waals surface area (Å²) in [6.07, 6.45) is 0. The van der Waals surface area contributed by atoms with E-state index in [0.29, 0.717) is 17.4 Å². The normalized spacial score (nSPS) is 10.8. The summed E-state index contributed by atoms with van der Waals surface area (Å²) in [5.41, 5.74) is 4.61. The van der Waals surface area contributed by atoms with Crippen molar-refractivity contribution in [2.45, 2.75) is 19.8 Å². The highest BCUT2D eigenvalue weighted by atomic mass is 16.5. The van der Waals surface area contributed by atoms with Gasteiger partial charge in [-0.05, 0) is 41.3 Å². The van der Waals surface area contributed by atoms with Crippen molar-refractivity contribution in [3.05, 3.63) is 75.6 Å². The number of rotatable bonds is 6. The standard InChI is InChI=1S/C22H20N2O6/c1-11(2)12-3-7-14(8-4-12)30-15-9-5-13(6-10-15)16-17(21(26)27)19(23)24-20(25)18(16)22(28)29/h3-11H,1-2H3,(H,26,27)(H,28,29)(H3,23,24,25). The van der Waals surface area contributed by atoms with Gasteiger partial charge < -0.3 is 25.7 Å². The molecule has 8 nitrogen and oxygen atoms in total. The highest BCUT2D eigenvalue weighted by Crippen LogP contribution is 2.31. The van der Waals surface area contributed by atoms with Crippen molar-refractivity contribution in [2.24, 2.45) is 0 Å². The van der Waals surface area contributed by atoms with Gasteiger partial charge in [0.05, 0.1) is 0 Å². The maximum Gasteiger partial charge on any atom is 0.342 e. The molecular weight excluding hydrogens is 388 g/mol. The molecule has 0 aliphatic carbocycles. The van der Waals surface area contributed by atoms with E-state index < -0.39 is 34.4 Å². The van der Waals surface area contributed by atoms with Gasteiger partial charge in [-0.2, -0.15) is 0 Å². The predicted octanol–water partition coefficient (Wildman–Crippen LogP) is 3.94. The summed E-state index contributed by atoms with van der Waals surface area (Å²) in [6.45, 7) is 4.18. The zero-order valence-corrected chi connectivity index (χ0v) is 16.3. The first-order chi connectivity index (χ1) is 14.2. The summed E-state index contributed by atoms with van der Waals surface area (Å²) in [6, 6.07) is 13.7. The predicted molar refractivity (Wildman–Crippen MR) is 111 cm³/mol. The summed E-state index contributed by atoms with van der Waals surface area (Å²) in [4.78, 5) is 37.4. The molecule has 0 aliphatic rings. The summed E-state index contributed by atoms with van der Waals surface area (Å²) >= 11 is 0.